The standard InChI is InChI=1S/C15H33O4P/c1-3-5-7-9-10-12-14-15(19-20(16,17)18)13-11-8-6-4-2/h15H,3-14H2,1-2H3,(H2,16,17,18). The van der Waals surface area contributed by atoms with Gasteiger partial charge < -0.3 is 9.79 Å². The Balaban J connectivity index is 3.83. The van der Waals surface area contributed by atoms with Gasteiger partial charge in [0.1, 0.15) is 0 Å². The lowest BCUT2D eigenvalue weighted by atomic mass is 10.0. The Hall–Kier alpha value is 0.110. The van der Waals surface area contributed by atoms with Gasteiger partial charge in [-0.2, -0.15) is 0 Å². The first kappa shape index (κ1) is 20.1. The van der Waals surface area contributed by atoms with Gasteiger partial charge in [0.05, 0.1) is 6.10 Å². The van der Waals surface area contributed by atoms with Crippen LogP contribution >= 0.6 is 7.82 Å². The molecule has 0 aromatic carbocycles. The average Bonchev–Trinajstić information content (AvgIpc) is 2.36. The summed E-state index contributed by atoms with van der Waals surface area (Å²) in [6.45, 7) is 4.35. The van der Waals surface area contributed by atoms with Gasteiger partial charge in [0.15, 0.2) is 0 Å². The van der Waals surface area contributed by atoms with E-state index in [1.54, 1.807) is 0 Å². The maximum atomic E-state index is 11.0. The first-order valence-electron chi connectivity index (χ1n) is 8.23. The molecule has 20 heavy (non-hydrogen) atoms. The summed E-state index contributed by atoms with van der Waals surface area (Å²) in [6, 6.07) is 0. The molecule has 0 radical (unpaired) electrons. The molecule has 0 saturated carbocycles. The van der Waals surface area contributed by atoms with Crippen LogP contribution < -0.4 is 0 Å². The molecule has 0 aromatic rings. The Labute approximate surface area is 124 Å². The predicted octanol–water partition coefficient (Wildman–Crippen LogP) is 5.19. The van der Waals surface area contributed by atoms with Crippen LogP contribution in [0.4, 0.5) is 0 Å². The number of phosphoric acid groups is 1. The van der Waals surface area contributed by atoms with Crippen LogP contribution in [0.2, 0.25) is 0 Å². The minimum Gasteiger partial charge on any atom is -0.303 e. The maximum Gasteiger partial charge on any atom is 0.469 e. The summed E-state index contributed by atoms with van der Waals surface area (Å²) >= 11 is 0. The Kier molecular flexibility index (Phi) is 12.9. The largest absolute Gasteiger partial charge is 0.469 e. The van der Waals surface area contributed by atoms with Crippen LogP contribution in [0.3, 0.4) is 0 Å². The lowest BCUT2D eigenvalue weighted by Crippen LogP contribution is -2.11. The molecule has 2 N–H and O–H groups in total. The first-order valence-corrected chi connectivity index (χ1v) is 9.76. The Morgan fingerprint density at radius 3 is 1.65 bits per heavy atom. The highest BCUT2D eigenvalue weighted by Gasteiger charge is 2.21. The molecular formula is C15H33O4P. The quantitative estimate of drug-likeness (QED) is 0.342. The fraction of sp³-hybridized carbons (Fsp3) is 1.00. The van der Waals surface area contributed by atoms with Crippen molar-refractivity contribution >= 4 is 7.82 Å². The summed E-state index contributed by atoms with van der Waals surface area (Å²) in [5.41, 5.74) is 0. The molecule has 0 saturated heterocycles. The number of rotatable bonds is 14. The zero-order chi connectivity index (χ0) is 15.3. The van der Waals surface area contributed by atoms with Gasteiger partial charge in [0.25, 0.3) is 0 Å². The van der Waals surface area contributed by atoms with Gasteiger partial charge in [0, 0.05) is 0 Å². The molecule has 0 fully saturated rings. The van der Waals surface area contributed by atoms with Gasteiger partial charge in [-0.3, -0.25) is 4.52 Å². The van der Waals surface area contributed by atoms with Crippen LogP contribution in [0.15, 0.2) is 0 Å². The van der Waals surface area contributed by atoms with E-state index in [2.05, 4.69) is 13.8 Å². The minimum atomic E-state index is -4.34. The predicted molar refractivity (Wildman–Crippen MR) is 83.7 cm³/mol. The third-order valence-corrected chi connectivity index (χ3v) is 4.12. The van der Waals surface area contributed by atoms with Crippen molar-refractivity contribution < 1.29 is 18.9 Å². The van der Waals surface area contributed by atoms with Crippen molar-refractivity contribution in [2.24, 2.45) is 0 Å². The summed E-state index contributed by atoms with van der Waals surface area (Å²) in [5, 5.41) is 0. The monoisotopic (exact) mass is 308 g/mol. The smallest absolute Gasteiger partial charge is 0.303 e. The Bertz CT molecular complexity index is 252. The van der Waals surface area contributed by atoms with Crippen molar-refractivity contribution in [3.05, 3.63) is 0 Å². The molecule has 0 aliphatic carbocycles. The van der Waals surface area contributed by atoms with Crippen LogP contribution in [-0.2, 0) is 9.09 Å². The lowest BCUT2D eigenvalue weighted by molar-refractivity contribution is 0.115. The molecule has 0 bridgehead atoms. The van der Waals surface area contributed by atoms with E-state index in [1.165, 1.54) is 38.5 Å². The molecule has 0 amide bonds. The van der Waals surface area contributed by atoms with E-state index in [9.17, 15) is 4.57 Å². The summed E-state index contributed by atoms with van der Waals surface area (Å²) in [5.74, 6) is 0. The fourth-order valence-corrected chi connectivity index (χ4v) is 2.99. The summed E-state index contributed by atoms with van der Waals surface area (Å²) in [7, 11) is -4.34. The summed E-state index contributed by atoms with van der Waals surface area (Å²) < 4.78 is 15.9. The van der Waals surface area contributed by atoms with Crippen LogP contribution in [0.5, 0.6) is 0 Å². The highest BCUT2D eigenvalue weighted by atomic mass is 31.2. The molecule has 0 rings (SSSR count). The average molecular weight is 308 g/mol. The molecule has 5 heteroatoms. The summed E-state index contributed by atoms with van der Waals surface area (Å²) in [6.07, 6.45) is 12.8. The molecule has 0 aliphatic rings. The molecular weight excluding hydrogens is 275 g/mol. The number of unbranched alkanes of at least 4 members (excludes halogenated alkanes) is 8. The van der Waals surface area contributed by atoms with Gasteiger partial charge in [-0.05, 0) is 12.8 Å². The lowest BCUT2D eigenvalue weighted by Gasteiger charge is -2.18. The van der Waals surface area contributed by atoms with E-state index in [4.69, 9.17) is 14.3 Å². The third-order valence-electron chi connectivity index (χ3n) is 3.55. The second-order valence-electron chi connectivity index (χ2n) is 5.62. The fourth-order valence-electron chi connectivity index (χ4n) is 2.40. The van der Waals surface area contributed by atoms with Crippen molar-refractivity contribution in [1.29, 1.82) is 0 Å². The molecule has 4 nitrogen and oxygen atoms in total. The maximum absolute atomic E-state index is 11.0. The van der Waals surface area contributed by atoms with E-state index >= 15 is 0 Å². The van der Waals surface area contributed by atoms with Gasteiger partial charge in [-0.15, -0.1) is 0 Å². The molecule has 0 aromatic heterocycles. The van der Waals surface area contributed by atoms with Crippen LogP contribution in [0.1, 0.15) is 90.9 Å². The second kappa shape index (κ2) is 12.8. The highest BCUT2D eigenvalue weighted by molar-refractivity contribution is 7.46. The van der Waals surface area contributed by atoms with Gasteiger partial charge in [-0.1, -0.05) is 78.1 Å². The van der Waals surface area contributed by atoms with Crippen LogP contribution in [0.25, 0.3) is 0 Å². The second-order valence-corrected chi connectivity index (χ2v) is 6.82. The summed E-state index contributed by atoms with van der Waals surface area (Å²) in [4.78, 5) is 17.9. The highest BCUT2D eigenvalue weighted by Crippen LogP contribution is 2.39. The molecule has 1 unspecified atom stereocenters. The molecule has 0 heterocycles. The number of hydrogen-bond acceptors (Lipinski definition) is 2. The molecule has 0 aliphatic heterocycles. The van der Waals surface area contributed by atoms with Crippen LogP contribution in [0, 0.1) is 0 Å². The topological polar surface area (TPSA) is 66.8 Å². The van der Waals surface area contributed by atoms with Crippen molar-refractivity contribution in [2.75, 3.05) is 0 Å². The molecule has 0 spiro atoms. The number of hydrogen-bond donors (Lipinski definition) is 2. The van der Waals surface area contributed by atoms with E-state index < -0.39 is 7.82 Å². The van der Waals surface area contributed by atoms with Gasteiger partial charge >= 0.3 is 7.82 Å². The van der Waals surface area contributed by atoms with E-state index in [0.29, 0.717) is 0 Å². The molecule has 1 atom stereocenters. The third kappa shape index (κ3) is 14.5. The number of phosphoric ester groups is 1. The Morgan fingerprint density at radius 1 is 0.800 bits per heavy atom. The SMILES string of the molecule is CCCCCCCCC(CCCCCC)OP(=O)(O)O. The van der Waals surface area contributed by atoms with E-state index in [0.717, 1.165) is 38.5 Å². The van der Waals surface area contributed by atoms with Crippen LogP contribution in [-0.4, -0.2) is 15.9 Å². The van der Waals surface area contributed by atoms with Crippen molar-refractivity contribution in [2.45, 2.75) is 97.0 Å². The first-order chi connectivity index (χ1) is 9.49. The molecule has 122 valence electrons. The van der Waals surface area contributed by atoms with Crippen molar-refractivity contribution in [1.82, 2.24) is 0 Å². The van der Waals surface area contributed by atoms with Gasteiger partial charge in [0.2, 0.25) is 0 Å². The Morgan fingerprint density at radius 2 is 1.20 bits per heavy atom. The van der Waals surface area contributed by atoms with E-state index in [-0.39, 0.29) is 6.10 Å². The van der Waals surface area contributed by atoms with E-state index in [1.807, 2.05) is 0 Å². The van der Waals surface area contributed by atoms with Crippen molar-refractivity contribution in [3.63, 3.8) is 0 Å². The zero-order valence-electron chi connectivity index (χ0n) is 13.2. The minimum absolute atomic E-state index is 0.279. The van der Waals surface area contributed by atoms with Gasteiger partial charge in [-0.25, -0.2) is 4.57 Å². The van der Waals surface area contributed by atoms with Crippen molar-refractivity contribution in [3.8, 4) is 0 Å². The zero-order valence-corrected chi connectivity index (χ0v) is 14.1. The normalized spacial score (nSPS) is 13.6.